The number of nitrogens with zero attached hydrogens (tertiary/aromatic N) is 8. The summed E-state index contributed by atoms with van der Waals surface area (Å²) in [4.78, 5) is 68.7. The third-order valence-electron chi connectivity index (χ3n) is 8.71. The highest BCUT2D eigenvalue weighted by Crippen LogP contribution is 2.31. The van der Waals surface area contributed by atoms with E-state index in [1.165, 1.54) is 12.1 Å². The van der Waals surface area contributed by atoms with Gasteiger partial charge in [0.2, 0.25) is 23.7 Å². The Labute approximate surface area is 326 Å². The number of phenols is 1. The third kappa shape index (κ3) is 9.06. The second-order valence-corrected chi connectivity index (χ2v) is 12.9. The molecule has 0 aliphatic rings. The summed E-state index contributed by atoms with van der Waals surface area (Å²) in [7, 11) is 0. The summed E-state index contributed by atoms with van der Waals surface area (Å²) in [5, 5.41) is 32.6. The Bertz CT molecular complexity index is 2570. The molecule has 0 aliphatic carbocycles. The SMILES string of the molecule is CCn1nc(C)cc1C(=O)Nc1nc2cc(C(N)=O)ccc2n1CCCCn1c(NC(=O)c2cc(C)nn2CC)nc2cc(C(N)=O)cc(O)c21.O=C(O)C(F)(F)F. The average Bonchev–Trinajstić information content (AvgIpc) is 3.91. The molecule has 6 aromatic rings. The van der Waals surface area contributed by atoms with E-state index in [1.807, 2.05) is 25.3 Å². The maximum Gasteiger partial charge on any atom is 0.490 e. The van der Waals surface area contributed by atoms with Crippen LogP contribution in [0.15, 0.2) is 42.5 Å². The first-order chi connectivity index (χ1) is 27.3. The zero-order valence-corrected chi connectivity index (χ0v) is 31.6. The quantitative estimate of drug-likeness (QED) is 0.0909. The second-order valence-electron chi connectivity index (χ2n) is 12.9. The molecule has 0 aliphatic heterocycles. The number of unbranched alkanes of at least 4 members (excludes halogenated alkanes) is 1. The first kappa shape index (κ1) is 41.9. The number of hydrogen-bond acceptors (Lipinski definition) is 10. The summed E-state index contributed by atoms with van der Waals surface area (Å²) >= 11 is 0. The highest BCUT2D eigenvalue weighted by molar-refractivity contribution is 6.05. The summed E-state index contributed by atoms with van der Waals surface area (Å²) in [6.45, 7) is 9.05. The van der Waals surface area contributed by atoms with E-state index in [-0.39, 0.29) is 40.2 Å². The molecule has 19 nitrogen and oxygen atoms in total. The van der Waals surface area contributed by atoms with Gasteiger partial charge in [-0.25, -0.2) is 14.8 Å². The zero-order valence-electron chi connectivity index (χ0n) is 31.6. The Balaban J connectivity index is 0.000000839. The molecule has 6 rings (SSSR count). The van der Waals surface area contributed by atoms with Crippen LogP contribution in [0.2, 0.25) is 0 Å². The average molecular weight is 809 g/mol. The molecular formula is C36H39F3N12O7. The minimum absolute atomic E-state index is 0.0698. The van der Waals surface area contributed by atoms with Gasteiger partial charge in [0.1, 0.15) is 22.7 Å². The van der Waals surface area contributed by atoms with E-state index in [4.69, 9.17) is 21.4 Å². The lowest BCUT2D eigenvalue weighted by Crippen LogP contribution is -2.21. The molecule has 2 aromatic carbocycles. The van der Waals surface area contributed by atoms with E-state index in [0.717, 1.165) is 0 Å². The first-order valence-corrected chi connectivity index (χ1v) is 17.7. The fraction of sp³-hybridized carbons (Fsp3) is 0.306. The van der Waals surface area contributed by atoms with Gasteiger partial charge in [0.25, 0.3) is 11.8 Å². The standard InChI is InChI=1S/C34H38N12O5.C2HF3O2/c1-5-45-25(13-18(3)41-45)31(50)39-33-37-22-15-20(29(35)48)9-10-24(22)43(33)11-7-8-12-44-28-23(16-21(30(36)49)17-27(28)47)38-34(44)40-32(51)26-14-19(4)42-46(26)6-2;3-2(4,5)1(6)7/h9-10,13-17,47H,5-8,11-12H2,1-4H3,(H2,35,48)(H2,36,49)(H,37,39,50)(H,38,40,51);(H,6,7). The summed E-state index contributed by atoms with van der Waals surface area (Å²) in [6.07, 6.45) is -4.02. The van der Waals surface area contributed by atoms with Crippen LogP contribution in [-0.2, 0) is 31.0 Å². The van der Waals surface area contributed by atoms with E-state index in [9.17, 15) is 37.5 Å². The minimum Gasteiger partial charge on any atom is -0.506 e. The number of alkyl halides is 3. The maximum absolute atomic E-state index is 13.4. The predicted octanol–water partition coefficient (Wildman–Crippen LogP) is 3.96. The lowest BCUT2D eigenvalue weighted by atomic mass is 10.1. The number of nitrogens with one attached hydrogen (secondary N) is 2. The molecule has 4 amide bonds. The fourth-order valence-corrected chi connectivity index (χ4v) is 6.12. The number of anilines is 2. The number of aromatic hydroxyl groups is 1. The number of aliphatic carboxylic acids is 1. The molecule has 0 radical (unpaired) electrons. The van der Waals surface area contributed by atoms with Crippen molar-refractivity contribution >= 4 is 63.6 Å². The Hall–Kier alpha value is -7.26. The van der Waals surface area contributed by atoms with Gasteiger partial charge >= 0.3 is 12.1 Å². The molecule has 22 heteroatoms. The number of phenolic OH excluding ortho intramolecular Hbond substituents is 1. The van der Waals surface area contributed by atoms with Crippen LogP contribution >= 0.6 is 0 Å². The van der Waals surface area contributed by atoms with Crippen molar-refractivity contribution in [3.05, 3.63) is 76.4 Å². The minimum atomic E-state index is -5.08. The monoisotopic (exact) mass is 808 g/mol. The first-order valence-electron chi connectivity index (χ1n) is 17.7. The molecule has 4 aromatic heterocycles. The molecule has 0 unspecified atom stereocenters. The van der Waals surface area contributed by atoms with Crippen molar-refractivity contribution in [3.8, 4) is 5.75 Å². The largest absolute Gasteiger partial charge is 0.506 e. The summed E-state index contributed by atoms with van der Waals surface area (Å²) in [5.41, 5.74) is 15.2. The Morgan fingerprint density at radius 1 is 0.724 bits per heavy atom. The smallest absolute Gasteiger partial charge is 0.490 e. The molecule has 8 N–H and O–H groups in total. The number of carboxylic acid groups (broad SMARTS) is 1. The van der Waals surface area contributed by atoms with Crippen molar-refractivity contribution in [2.24, 2.45) is 11.5 Å². The molecule has 0 bridgehead atoms. The number of aryl methyl sites for hydroxylation is 6. The number of fused-ring (bicyclic) bond motifs is 2. The maximum atomic E-state index is 13.4. The third-order valence-corrected chi connectivity index (χ3v) is 8.71. The van der Waals surface area contributed by atoms with Crippen LogP contribution in [0.1, 0.15) is 79.8 Å². The van der Waals surface area contributed by atoms with Crippen LogP contribution in [-0.4, -0.2) is 84.7 Å². The highest BCUT2D eigenvalue weighted by atomic mass is 19.4. The van der Waals surface area contributed by atoms with E-state index < -0.39 is 29.9 Å². The van der Waals surface area contributed by atoms with Crippen LogP contribution < -0.4 is 22.1 Å². The molecule has 58 heavy (non-hydrogen) atoms. The predicted molar refractivity (Wildman–Crippen MR) is 202 cm³/mol. The summed E-state index contributed by atoms with van der Waals surface area (Å²) in [5.74, 6) is -4.70. The molecule has 0 fully saturated rings. The Morgan fingerprint density at radius 3 is 1.67 bits per heavy atom. The number of carbonyl (C=O) groups excluding carboxylic acids is 4. The van der Waals surface area contributed by atoms with E-state index >= 15 is 0 Å². The number of hydrogen-bond donors (Lipinski definition) is 6. The van der Waals surface area contributed by atoms with E-state index in [1.54, 1.807) is 51.2 Å². The summed E-state index contributed by atoms with van der Waals surface area (Å²) < 4.78 is 38.4. The van der Waals surface area contributed by atoms with Gasteiger partial charge in [-0.05, 0) is 83.0 Å². The molecule has 306 valence electrons. The summed E-state index contributed by atoms with van der Waals surface area (Å²) in [6, 6.07) is 11.0. The van der Waals surface area contributed by atoms with Gasteiger partial charge in [-0.1, -0.05) is 0 Å². The Morgan fingerprint density at radius 2 is 1.19 bits per heavy atom. The van der Waals surface area contributed by atoms with Gasteiger partial charge in [0, 0.05) is 37.3 Å². The van der Waals surface area contributed by atoms with Gasteiger partial charge in [0.15, 0.2) is 0 Å². The van der Waals surface area contributed by atoms with Crippen molar-refractivity contribution in [1.82, 2.24) is 38.7 Å². The Kier molecular flexibility index (Phi) is 12.2. The van der Waals surface area contributed by atoms with Crippen LogP contribution in [0.25, 0.3) is 22.1 Å². The van der Waals surface area contributed by atoms with Crippen molar-refractivity contribution in [3.63, 3.8) is 0 Å². The van der Waals surface area contributed by atoms with Gasteiger partial charge in [0.05, 0.1) is 27.9 Å². The second kappa shape index (κ2) is 16.9. The van der Waals surface area contributed by atoms with Crippen molar-refractivity contribution in [2.45, 2.75) is 72.9 Å². The van der Waals surface area contributed by atoms with Crippen LogP contribution in [0.5, 0.6) is 5.75 Å². The van der Waals surface area contributed by atoms with Crippen LogP contribution in [0.4, 0.5) is 25.1 Å². The normalized spacial score (nSPS) is 11.4. The molecular weight excluding hydrogens is 769 g/mol. The van der Waals surface area contributed by atoms with Gasteiger partial charge in [-0.3, -0.25) is 39.2 Å². The van der Waals surface area contributed by atoms with Crippen molar-refractivity contribution < 1.29 is 47.4 Å². The van der Waals surface area contributed by atoms with Crippen molar-refractivity contribution in [2.75, 3.05) is 10.6 Å². The van der Waals surface area contributed by atoms with Gasteiger partial charge in [-0.2, -0.15) is 23.4 Å². The molecule has 0 saturated heterocycles. The lowest BCUT2D eigenvalue weighted by Gasteiger charge is -2.13. The van der Waals surface area contributed by atoms with Gasteiger partial charge in [-0.15, -0.1) is 0 Å². The topological polar surface area (TPSA) is 273 Å². The number of nitrogens with two attached hydrogens (primary N) is 2. The van der Waals surface area contributed by atoms with Crippen LogP contribution in [0, 0.1) is 13.8 Å². The number of primary amides is 2. The highest BCUT2D eigenvalue weighted by Gasteiger charge is 2.38. The zero-order chi connectivity index (χ0) is 42.6. The number of benzene rings is 2. The van der Waals surface area contributed by atoms with Crippen LogP contribution in [0.3, 0.4) is 0 Å². The van der Waals surface area contributed by atoms with E-state index in [2.05, 4.69) is 30.8 Å². The van der Waals surface area contributed by atoms with Gasteiger partial charge < -0.3 is 30.8 Å². The number of halogens is 3. The fourth-order valence-electron chi connectivity index (χ4n) is 6.12. The number of rotatable bonds is 13. The number of imidazole rings is 2. The molecule has 0 atom stereocenters. The molecule has 4 heterocycles. The lowest BCUT2D eigenvalue weighted by molar-refractivity contribution is -0.192. The number of carboxylic acids is 1. The van der Waals surface area contributed by atoms with E-state index in [0.29, 0.717) is 78.3 Å². The number of aromatic nitrogens is 8. The number of amides is 4. The number of carbonyl (C=O) groups is 5. The molecule has 0 saturated carbocycles. The van der Waals surface area contributed by atoms with Crippen molar-refractivity contribution in [1.29, 1.82) is 0 Å². The molecule has 0 spiro atoms.